The Kier molecular flexibility index (Phi) is 3.93. The van der Waals surface area contributed by atoms with Crippen LogP contribution in [0.3, 0.4) is 0 Å². The van der Waals surface area contributed by atoms with Gasteiger partial charge in [-0.05, 0) is 12.8 Å². The lowest BCUT2D eigenvalue weighted by atomic mass is 9.97. The average molecular weight is 295 g/mol. The minimum absolute atomic E-state index is 0.184. The largest absolute Gasteiger partial charge is 0.469 e. The van der Waals surface area contributed by atoms with Gasteiger partial charge in [-0.3, -0.25) is 4.79 Å². The topological polar surface area (TPSA) is 55.3 Å². The highest BCUT2D eigenvalue weighted by Gasteiger charge is 2.36. The molecule has 0 spiro atoms. The summed E-state index contributed by atoms with van der Waals surface area (Å²) in [6, 6.07) is 0. The molecule has 0 amide bonds. The third-order valence-corrected chi connectivity index (χ3v) is 3.99. The zero-order valence-electron chi connectivity index (χ0n) is 10.1. The number of carbonyl (C=O) groups excluding carboxylic acids is 1. The number of anilines is 1. The van der Waals surface area contributed by atoms with Crippen LogP contribution >= 0.6 is 11.3 Å². The fraction of sp³-hybridized carbons (Fsp3) is 0.700. The van der Waals surface area contributed by atoms with Crippen LogP contribution in [0.1, 0.15) is 17.8 Å². The molecule has 1 aliphatic rings. The third-order valence-electron chi connectivity index (χ3n) is 2.96. The van der Waals surface area contributed by atoms with Gasteiger partial charge in [-0.25, -0.2) is 0 Å². The van der Waals surface area contributed by atoms with Gasteiger partial charge in [0.1, 0.15) is 0 Å². The maximum atomic E-state index is 12.4. The van der Waals surface area contributed by atoms with Gasteiger partial charge in [-0.1, -0.05) is 11.3 Å². The van der Waals surface area contributed by atoms with Gasteiger partial charge in [0.15, 0.2) is 0 Å². The van der Waals surface area contributed by atoms with Crippen molar-refractivity contribution in [1.29, 1.82) is 0 Å². The molecule has 106 valence electrons. The molecule has 19 heavy (non-hydrogen) atoms. The third kappa shape index (κ3) is 3.14. The number of piperidine rings is 1. The van der Waals surface area contributed by atoms with Gasteiger partial charge >= 0.3 is 12.1 Å². The van der Waals surface area contributed by atoms with Crippen LogP contribution in [0.2, 0.25) is 0 Å². The standard InChI is InChI=1S/C10H12F3N3O2S/c1-18-7(17)6-2-4-16(5-3-6)9-15-14-8(19-9)10(11,12)13/h6H,2-5H2,1H3. The number of rotatable bonds is 2. The van der Waals surface area contributed by atoms with E-state index in [9.17, 15) is 18.0 Å². The number of methoxy groups -OCH3 is 1. The Bertz CT molecular complexity index is 455. The van der Waals surface area contributed by atoms with E-state index in [2.05, 4.69) is 14.9 Å². The molecule has 0 aromatic carbocycles. The molecule has 9 heteroatoms. The van der Waals surface area contributed by atoms with Crippen LogP contribution in [0.15, 0.2) is 0 Å². The van der Waals surface area contributed by atoms with E-state index in [1.54, 1.807) is 4.90 Å². The molecule has 1 saturated heterocycles. The molecule has 0 saturated carbocycles. The average Bonchev–Trinajstić information content (AvgIpc) is 2.87. The molecule has 0 radical (unpaired) electrons. The number of halogens is 3. The van der Waals surface area contributed by atoms with Crippen molar-refractivity contribution in [2.75, 3.05) is 25.1 Å². The number of hydrogen-bond donors (Lipinski definition) is 0. The van der Waals surface area contributed by atoms with E-state index in [4.69, 9.17) is 0 Å². The van der Waals surface area contributed by atoms with Gasteiger partial charge < -0.3 is 9.64 Å². The molecule has 1 aromatic heterocycles. The molecule has 2 rings (SSSR count). The highest BCUT2D eigenvalue weighted by Crippen LogP contribution is 2.35. The highest BCUT2D eigenvalue weighted by molar-refractivity contribution is 7.15. The molecule has 5 nitrogen and oxygen atoms in total. The molecular weight excluding hydrogens is 283 g/mol. The van der Waals surface area contributed by atoms with Crippen molar-refractivity contribution in [2.24, 2.45) is 5.92 Å². The number of alkyl halides is 3. The van der Waals surface area contributed by atoms with Crippen LogP contribution < -0.4 is 4.90 Å². The number of hydrogen-bond acceptors (Lipinski definition) is 6. The summed E-state index contributed by atoms with van der Waals surface area (Å²) in [7, 11) is 1.33. The fourth-order valence-electron chi connectivity index (χ4n) is 1.93. The zero-order valence-corrected chi connectivity index (χ0v) is 10.9. The van der Waals surface area contributed by atoms with Crippen LogP contribution in [0.5, 0.6) is 0 Å². The summed E-state index contributed by atoms with van der Waals surface area (Å²) in [5.41, 5.74) is 0. The smallest absolute Gasteiger partial charge is 0.445 e. The maximum Gasteiger partial charge on any atom is 0.445 e. The van der Waals surface area contributed by atoms with Crippen molar-refractivity contribution < 1.29 is 22.7 Å². The van der Waals surface area contributed by atoms with E-state index in [0.29, 0.717) is 37.3 Å². The van der Waals surface area contributed by atoms with Crippen LogP contribution in [-0.2, 0) is 15.7 Å². The second-order valence-corrected chi connectivity index (χ2v) is 5.13. The van der Waals surface area contributed by atoms with Gasteiger partial charge in [-0.15, -0.1) is 10.2 Å². The molecular formula is C10H12F3N3O2S. The molecule has 2 heterocycles. The summed E-state index contributed by atoms with van der Waals surface area (Å²) in [5, 5.41) is 6.00. The lowest BCUT2D eigenvalue weighted by Crippen LogP contribution is -2.36. The summed E-state index contributed by atoms with van der Waals surface area (Å²) in [6.45, 7) is 0.957. The summed E-state index contributed by atoms with van der Waals surface area (Å²) in [6.07, 6.45) is -3.36. The first-order valence-electron chi connectivity index (χ1n) is 5.65. The minimum atomic E-state index is -4.46. The molecule has 0 atom stereocenters. The van der Waals surface area contributed by atoms with Crippen molar-refractivity contribution >= 4 is 22.4 Å². The molecule has 0 aliphatic carbocycles. The van der Waals surface area contributed by atoms with Gasteiger partial charge in [0.2, 0.25) is 10.1 Å². The van der Waals surface area contributed by atoms with Crippen molar-refractivity contribution in [3.63, 3.8) is 0 Å². The fourth-order valence-corrected chi connectivity index (χ4v) is 2.69. The van der Waals surface area contributed by atoms with Crippen molar-refractivity contribution in [3.05, 3.63) is 5.01 Å². The molecule has 0 N–H and O–H groups in total. The van der Waals surface area contributed by atoms with E-state index < -0.39 is 11.2 Å². The summed E-state index contributed by atoms with van der Waals surface area (Å²) in [4.78, 5) is 13.0. The van der Waals surface area contributed by atoms with Gasteiger partial charge in [-0.2, -0.15) is 13.2 Å². The highest BCUT2D eigenvalue weighted by atomic mass is 32.1. The summed E-state index contributed by atoms with van der Waals surface area (Å²) < 4.78 is 41.9. The van der Waals surface area contributed by atoms with Gasteiger partial charge in [0.25, 0.3) is 0 Å². The maximum absolute atomic E-state index is 12.4. The number of carbonyl (C=O) groups is 1. The molecule has 0 unspecified atom stereocenters. The van der Waals surface area contributed by atoms with Crippen LogP contribution in [-0.4, -0.2) is 36.4 Å². The van der Waals surface area contributed by atoms with Crippen molar-refractivity contribution in [2.45, 2.75) is 19.0 Å². The van der Waals surface area contributed by atoms with E-state index in [1.807, 2.05) is 0 Å². The first-order valence-corrected chi connectivity index (χ1v) is 6.47. The Balaban J connectivity index is 1.98. The predicted molar refractivity (Wildman–Crippen MR) is 61.9 cm³/mol. The Hall–Kier alpha value is -1.38. The van der Waals surface area contributed by atoms with E-state index in [1.165, 1.54) is 7.11 Å². The number of nitrogens with zero attached hydrogens (tertiary/aromatic N) is 3. The van der Waals surface area contributed by atoms with Crippen LogP contribution in [0, 0.1) is 5.92 Å². The van der Waals surface area contributed by atoms with Crippen molar-refractivity contribution in [1.82, 2.24) is 10.2 Å². The lowest BCUT2D eigenvalue weighted by Gasteiger charge is -2.29. The van der Waals surface area contributed by atoms with Gasteiger partial charge in [0.05, 0.1) is 13.0 Å². The normalized spacial score (nSPS) is 17.6. The Morgan fingerprint density at radius 2 is 2.00 bits per heavy atom. The second kappa shape index (κ2) is 5.32. The molecule has 1 aromatic rings. The Morgan fingerprint density at radius 1 is 1.37 bits per heavy atom. The van der Waals surface area contributed by atoms with Crippen LogP contribution in [0.25, 0.3) is 0 Å². The second-order valence-electron chi connectivity index (χ2n) is 4.17. The SMILES string of the molecule is COC(=O)C1CCN(c2nnc(C(F)(F)F)s2)CC1. The number of aromatic nitrogens is 2. The predicted octanol–water partition coefficient (Wildman–Crippen LogP) is 1.95. The summed E-state index contributed by atoms with van der Waals surface area (Å²) in [5.74, 6) is -0.454. The summed E-state index contributed by atoms with van der Waals surface area (Å²) >= 11 is 0.524. The molecule has 1 aliphatic heterocycles. The Labute approximate surface area is 111 Å². The van der Waals surface area contributed by atoms with E-state index in [-0.39, 0.29) is 17.0 Å². The Morgan fingerprint density at radius 3 is 2.47 bits per heavy atom. The molecule has 0 bridgehead atoms. The van der Waals surface area contributed by atoms with E-state index in [0.717, 1.165) is 0 Å². The minimum Gasteiger partial charge on any atom is -0.469 e. The van der Waals surface area contributed by atoms with Crippen LogP contribution in [0.4, 0.5) is 18.3 Å². The zero-order chi connectivity index (χ0) is 14.0. The number of esters is 1. The molecule has 1 fully saturated rings. The first-order chi connectivity index (χ1) is 8.91. The number of ether oxygens (including phenoxy) is 1. The monoisotopic (exact) mass is 295 g/mol. The van der Waals surface area contributed by atoms with Crippen molar-refractivity contribution in [3.8, 4) is 0 Å². The lowest BCUT2D eigenvalue weighted by molar-refractivity contribution is -0.146. The first kappa shape index (κ1) is 14.0. The quantitative estimate of drug-likeness (QED) is 0.781. The van der Waals surface area contributed by atoms with Gasteiger partial charge in [0, 0.05) is 13.1 Å². The van der Waals surface area contributed by atoms with E-state index >= 15 is 0 Å².